The van der Waals surface area contributed by atoms with Crippen molar-refractivity contribution in [1.29, 1.82) is 5.26 Å². The van der Waals surface area contributed by atoms with Crippen LogP contribution in [-0.2, 0) is 11.3 Å². The molecule has 5 heteroatoms. The lowest BCUT2D eigenvalue weighted by atomic mass is 9.81. The van der Waals surface area contributed by atoms with Crippen molar-refractivity contribution in [2.75, 3.05) is 13.1 Å². The van der Waals surface area contributed by atoms with Crippen LogP contribution in [0.15, 0.2) is 22.8 Å². The van der Waals surface area contributed by atoms with Crippen LogP contribution in [0.5, 0.6) is 0 Å². The quantitative estimate of drug-likeness (QED) is 0.911. The number of hydrogen-bond donors (Lipinski definition) is 1. The molecule has 0 aliphatic carbocycles. The van der Waals surface area contributed by atoms with Crippen LogP contribution in [0.1, 0.15) is 32.4 Å². The number of nitrogens with one attached hydrogen (secondary N) is 1. The summed E-state index contributed by atoms with van der Waals surface area (Å²) in [5.41, 5.74) is -0.235. The molecule has 5 nitrogen and oxygen atoms in total. The second-order valence-electron chi connectivity index (χ2n) is 5.68. The number of hydrogen-bond acceptors (Lipinski definition) is 4. The summed E-state index contributed by atoms with van der Waals surface area (Å²) in [4.78, 5) is 14.2. The van der Waals surface area contributed by atoms with Gasteiger partial charge in [0.15, 0.2) is 0 Å². The van der Waals surface area contributed by atoms with Crippen molar-refractivity contribution in [1.82, 2.24) is 10.2 Å². The van der Waals surface area contributed by atoms with E-state index in [9.17, 15) is 4.79 Å². The zero-order valence-corrected chi connectivity index (χ0v) is 12.1. The summed E-state index contributed by atoms with van der Waals surface area (Å²) in [6.07, 6.45) is 3.23. The Labute approximate surface area is 119 Å². The third kappa shape index (κ3) is 3.40. The fraction of sp³-hybridized carbons (Fsp3) is 0.600. The fourth-order valence-corrected chi connectivity index (χ4v) is 2.42. The molecule has 1 aromatic heterocycles. The van der Waals surface area contributed by atoms with Gasteiger partial charge >= 0.3 is 0 Å². The van der Waals surface area contributed by atoms with E-state index in [1.807, 2.05) is 19.9 Å². The maximum atomic E-state index is 12.1. The van der Waals surface area contributed by atoms with Gasteiger partial charge in [-0.2, -0.15) is 5.26 Å². The van der Waals surface area contributed by atoms with Gasteiger partial charge in [-0.1, -0.05) is 0 Å². The highest BCUT2D eigenvalue weighted by molar-refractivity contribution is 5.81. The second-order valence-corrected chi connectivity index (χ2v) is 5.68. The molecule has 1 aliphatic rings. The van der Waals surface area contributed by atoms with E-state index in [0.29, 0.717) is 6.54 Å². The Hall–Kier alpha value is -1.80. The van der Waals surface area contributed by atoms with Gasteiger partial charge in [0.05, 0.1) is 30.3 Å². The van der Waals surface area contributed by atoms with E-state index in [1.54, 1.807) is 12.3 Å². The highest BCUT2D eigenvalue weighted by Crippen LogP contribution is 2.30. The van der Waals surface area contributed by atoms with Crippen LogP contribution in [0, 0.1) is 16.7 Å². The molecule has 0 saturated carbocycles. The maximum Gasteiger partial charge on any atom is 0.237 e. The number of carbonyl (C=O) groups is 1. The first-order valence-corrected chi connectivity index (χ1v) is 6.99. The zero-order chi connectivity index (χ0) is 14.6. The Balaban J connectivity index is 1.81. The molecule has 0 radical (unpaired) electrons. The van der Waals surface area contributed by atoms with E-state index < -0.39 is 0 Å². The maximum absolute atomic E-state index is 12.1. The lowest BCUT2D eigenvalue weighted by Crippen LogP contribution is -2.49. The van der Waals surface area contributed by atoms with Crippen molar-refractivity contribution >= 4 is 5.91 Å². The Kier molecular flexibility index (Phi) is 4.46. The first-order valence-electron chi connectivity index (χ1n) is 6.99. The highest BCUT2D eigenvalue weighted by Gasteiger charge is 2.33. The summed E-state index contributed by atoms with van der Waals surface area (Å²) >= 11 is 0. The van der Waals surface area contributed by atoms with E-state index in [1.165, 1.54) is 0 Å². The lowest BCUT2D eigenvalue weighted by molar-refractivity contribution is -0.126. The predicted molar refractivity (Wildman–Crippen MR) is 74.5 cm³/mol. The number of likely N-dealkylation sites (tertiary alicyclic amines) is 1. The molecule has 1 N–H and O–H groups in total. The lowest BCUT2D eigenvalue weighted by Gasteiger charge is -2.37. The molecule has 1 saturated heterocycles. The molecule has 0 aromatic carbocycles. The summed E-state index contributed by atoms with van der Waals surface area (Å²) < 4.78 is 5.19. The van der Waals surface area contributed by atoms with Crippen molar-refractivity contribution in [2.24, 2.45) is 5.41 Å². The minimum Gasteiger partial charge on any atom is -0.467 e. The number of piperidine rings is 1. The molecular weight excluding hydrogens is 254 g/mol. The molecule has 1 aliphatic heterocycles. The third-order valence-corrected chi connectivity index (χ3v) is 4.12. The highest BCUT2D eigenvalue weighted by atomic mass is 16.3. The Morgan fingerprint density at radius 3 is 2.85 bits per heavy atom. The monoisotopic (exact) mass is 275 g/mol. The summed E-state index contributed by atoms with van der Waals surface area (Å²) in [6, 6.07) is 5.84. The molecule has 108 valence electrons. The van der Waals surface area contributed by atoms with Gasteiger partial charge < -0.3 is 9.73 Å². The second kappa shape index (κ2) is 6.10. The van der Waals surface area contributed by atoms with Crippen LogP contribution in [0.25, 0.3) is 0 Å². The van der Waals surface area contributed by atoms with Crippen LogP contribution in [0.3, 0.4) is 0 Å². The molecule has 1 atom stereocenters. The van der Waals surface area contributed by atoms with Gasteiger partial charge in [-0.15, -0.1) is 0 Å². The summed E-state index contributed by atoms with van der Waals surface area (Å²) in [7, 11) is 0. The predicted octanol–water partition coefficient (Wildman–Crippen LogP) is 1.91. The minimum absolute atomic E-state index is 0.00182. The fourth-order valence-electron chi connectivity index (χ4n) is 2.42. The number of nitriles is 1. The molecule has 0 bridgehead atoms. The molecular formula is C15H21N3O2. The first-order chi connectivity index (χ1) is 9.54. The van der Waals surface area contributed by atoms with Crippen LogP contribution < -0.4 is 5.32 Å². The number of amides is 1. The Bertz CT molecular complexity index is 482. The Morgan fingerprint density at radius 1 is 1.60 bits per heavy atom. The molecule has 1 aromatic rings. The van der Waals surface area contributed by atoms with Crippen molar-refractivity contribution < 1.29 is 9.21 Å². The van der Waals surface area contributed by atoms with Crippen molar-refractivity contribution in [2.45, 2.75) is 39.3 Å². The normalized spacial score (nSPS) is 20.1. The third-order valence-electron chi connectivity index (χ3n) is 4.12. The largest absolute Gasteiger partial charge is 0.467 e. The minimum atomic E-state index is -0.235. The van der Waals surface area contributed by atoms with Crippen molar-refractivity contribution in [3.8, 4) is 6.07 Å². The zero-order valence-electron chi connectivity index (χ0n) is 12.1. The first kappa shape index (κ1) is 14.6. The molecule has 20 heavy (non-hydrogen) atoms. The standard InChI is InChI=1S/C15H21N3O2/c1-12(14(19)17-10-13-4-3-9-20-13)18-7-5-15(2,11-16)6-8-18/h3-4,9,12H,5-8,10H2,1-2H3,(H,17,19). The van der Waals surface area contributed by atoms with Crippen LogP contribution in [0.4, 0.5) is 0 Å². The molecule has 1 unspecified atom stereocenters. The van der Waals surface area contributed by atoms with Gasteiger partial charge in [0.2, 0.25) is 5.91 Å². The molecule has 1 amide bonds. The molecule has 2 heterocycles. The topological polar surface area (TPSA) is 69.3 Å². The van der Waals surface area contributed by atoms with Gasteiger partial charge in [0.1, 0.15) is 5.76 Å². The molecule has 0 spiro atoms. The van der Waals surface area contributed by atoms with Gasteiger partial charge in [-0.25, -0.2) is 0 Å². The number of rotatable bonds is 4. The number of furan rings is 1. The van der Waals surface area contributed by atoms with Crippen molar-refractivity contribution in [3.05, 3.63) is 24.2 Å². The van der Waals surface area contributed by atoms with E-state index in [-0.39, 0.29) is 17.4 Å². The van der Waals surface area contributed by atoms with Crippen LogP contribution in [0.2, 0.25) is 0 Å². The molecule has 2 rings (SSSR count). The molecule has 1 fully saturated rings. The average molecular weight is 275 g/mol. The smallest absolute Gasteiger partial charge is 0.237 e. The SMILES string of the molecule is CC(C(=O)NCc1ccco1)N1CCC(C)(C#N)CC1. The Morgan fingerprint density at radius 2 is 2.30 bits per heavy atom. The number of carbonyl (C=O) groups excluding carboxylic acids is 1. The summed E-state index contributed by atoms with van der Waals surface area (Å²) in [5.74, 6) is 0.753. The van der Waals surface area contributed by atoms with Crippen LogP contribution in [-0.4, -0.2) is 29.9 Å². The average Bonchev–Trinajstić information content (AvgIpc) is 2.98. The summed E-state index contributed by atoms with van der Waals surface area (Å²) in [5, 5.41) is 12.0. The summed E-state index contributed by atoms with van der Waals surface area (Å²) in [6.45, 7) is 5.90. The van der Waals surface area contributed by atoms with Gasteiger partial charge in [0.25, 0.3) is 0 Å². The van der Waals surface area contributed by atoms with Gasteiger partial charge in [-0.05, 0) is 38.8 Å². The van der Waals surface area contributed by atoms with E-state index in [4.69, 9.17) is 9.68 Å². The number of nitrogens with zero attached hydrogens (tertiary/aromatic N) is 2. The van der Waals surface area contributed by atoms with Gasteiger partial charge in [-0.3, -0.25) is 9.69 Å². The van der Waals surface area contributed by atoms with E-state index in [0.717, 1.165) is 31.7 Å². The van der Waals surface area contributed by atoms with E-state index >= 15 is 0 Å². The van der Waals surface area contributed by atoms with Crippen LogP contribution >= 0.6 is 0 Å². The van der Waals surface area contributed by atoms with Crippen molar-refractivity contribution in [3.63, 3.8) is 0 Å². The van der Waals surface area contributed by atoms with E-state index in [2.05, 4.69) is 16.3 Å². The van der Waals surface area contributed by atoms with Gasteiger partial charge in [0, 0.05) is 13.1 Å².